The van der Waals surface area contributed by atoms with Gasteiger partial charge in [0.2, 0.25) is 5.91 Å². The molecule has 8 heteroatoms. The molecule has 164 valence electrons. The van der Waals surface area contributed by atoms with Crippen molar-refractivity contribution in [2.24, 2.45) is 5.10 Å². The van der Waals surface area contributed by atoms with Crippen LogP contribution < -0.4 is 0 Å². The van der Waals surface area contributed by atoms with Gasteiger partial charge >= 0.3 is 0 Å². The lowest BCUT2D eigenvalue weighted by Gasteiger charge is -2.20. The van der Waals surface area contributed by atoms with Crippen LogP contribution in [0.4, 0.5) is 8.78 Å². The standard InChI is InChI=1S/C24H20F2N2O3S/c1-16(29)28-24(19-6-8-20(25)9-7-19)14-23(27-28)18-4-2-17(3-5-18)15-32(30,31)22-12-10-21(26)11-13-22/h2-13,24H,14-15H2,1H3. The maximum Gasteiger partial charge on any atom is 0.240 e. The van der Waals surface area contributed by atoms with E-state index >= 15 is 0 Å². The number of carbonyl (C=O) groups excluding carboxylic acids is 1. The van der Waals surface area contributed by atoms with Crippen molar-refractivity contribution < 1.29 is 22.0 Å². The number of halogens is 2. The molecule has 0 bridgehead atoms. The number of hydrogen-bond donors (Lipinski definition) is 0. The fraction of sp³-hybridized carbons (Fsp3) is 0.167. The van der Waals surface area contributed by atoms with Crippen LogP contribution in [-0.4, -0.2) is 25.0 Å². The summed E-state index contributed by atoms with van der Waals surface area (Å²) in [7, 11) is -3.61. The summed E-state index contributed by atoms with van der Waals surface area (Å²) in [4.78, 5) is 12.2. The summed E-state index contributed by atoms with van der Waals surface area (Å²) in [6.07, 6.45) is 0.457. The van der Waals surface area contributed by atoms with E-state index in [0.29, 0.717) is 17.7 Å². The summed E-state index contributed by atoms with van der Waals surface area (Å²) in [5.41, 5.74) is 2.81. The number of hydrogen-bond acceptors (Lipinski definition) is 4. The van der Waals surface area contributed by atoms with E-state index in [1.165, 1.54) is 36.2 Å². The predicted octanol–water partition coefficient (Wildman–Crippen LogP) is 4.64. The second-order valence-corrected chi connectivity index (χ2v) is 9.58. The molecule has 0 saturated heterocycles. The summed E-state index contributed by atoms with van der Waals surface area (Å²) in [6.45, 7) is 1.42. The Balaban J connectivity index is 1.53. The zero-order valence-electron chi connectivity index (χ0n) is 17.2. The molecule has 0 spiro atoms. The Labute approximate surface area is 184 Å². The number of sulfone groups is 1. The lowest BCUT2D eigenvalue weighted by atomic mass is 9.98. The fourth-order valence-electron chi connectivity index (χ4n) is 3.66. The molecule has 5 nitrogen and oxygen atoms in total. The van der Waals surface area contributed by atoms with Gasteiger partial charge in [-0.15, -0.1) is 0 Å². The quantitative estimate of drug-likeness (QED) is 0.528. The van der Waals surface area contributed by atoms with Crippen LogP contribution in [0.5, 0.6) is 0 Å². The first-order valence-electron chi connectivity index (χ1n) is 9.93. The van der Waals surface area contributed by atoms with Gasteiger partial charge in [-0.25, -0.2) is 22.2 Å². The molecule has 0 aromatic heterocycles. The van der Waals surface area contributed by atoms with E-state index in [2.05, 4.69) is 5.10 Å². The van der Waals surface area contributed by atoms with E-state index in [1.54, 1.807) is 36.4 Å². The van der Waals surface area contributed by atoms with Crippen LogP contribution in [0, 0.1) is 11.6 Å². The molecule has 1 heterocycles. The highest BCUT2D eigenvalue weighted by Crippen LogP contribution is 2.33. The van der Waals surface area contributed by atoms with Gasteiger partial charge in [-0.1, -0.05) is 36.4 Å². The first-order chi connectivity index (χ1) is 15.2. The summed E-state index contributed by atoms with van der Waals surface area (Å²) < 4.78 is 51.5. The largest absolute Gasteiger partial charge is 0.273 e. The fourth-order valence-corrected chi connectivity index (χ4v) is 5.01. The summed E-state index contributed by atoms with van der Waals surface area (Å²) in [5.74, 6) is -1.29. The monoisotopic (exact) mass is 454 g/mol. The molecular formula is C24H20F2N2O3S. The molecule has 32 heavy (non-hydrogen) atoms. The number of amides is 1. The zero-order valence-corrected chi connectivity index (χ0v) is 18.0. The van der Waals surface area contributed by atoms with E-state index in [-0.39, 0.29) is 28.4 Å². The number of carbonyl (C=O) groups is 1. The van der Waals surface area contributed by atoms with Gasteiger partial charge in [0.1, 0.15) is 11.6 Å². The van der Waals surface area contributed by atoms with E-state index in [9.17, 15) is 22.0 Å². The molecule has 1 amide bonds. The minimum Gasteiger partial charge on any atom is -0.273 e. The van der Waals surface area contributed by atoms with E-state index in [1.807, 2.05) is 0 Å². The lowest BCUT2D eigenvalue weighted by Crippen LogP contribution is -2.24. The van der Waals surface area contributed by atoms with E-state index in [0.717, 1.165) is 23.3 Å². The predicted molar refractivity (Wildman–Crippen MR) is 117 cm³/mol. The van der Waals surface area contributed by atoms with E-state index in [4.69, 9.17) is 0 Å². The van der Waals surface area contributed by atoms with Gasteiger partial charge in [-0.05, 0) is 53.1 Å². The van der Waals surface area contributed by atoms with Crippen LogP contribution in [0.25, 0.3) is 0 Å². The molecule has 0 fully saturated rings. The molecular weight excluding hydrogens is 434 g/mol. The highest BCUT2D eigenvalue weighted by molar-refractivity contribution is 7.90. The van der Waals surface area contributed by atoms with Gasteiger partial charge in [0.05, 0.1) is 22.4 Å². The maximum atomic E-state index is 13.3. The van der Waals surface area contributed by atoms with Crippen LogP contribution in [0.1, 0.15) is 36.1 Å². The van der Waals surface area contributed by atoms with Crippen LogP contribution in [0.15, 0.2) is 82.8 Å². The Hall–Kier alpha value is -3.39. The number of rotatable bonds is 5. The third kappa shape index (κ3) is 4.60. The van der Waals surface area contributed by atoms with Crippen molar-refractivity contribution in [1.29, 1.82) is 0 Å². The molecule has 1 aliphatic rings. The normalized spacial score (nSPS) is 16.2. The molecule has 0 radical (unpaired) electrons. The second kappa shape index (κ2) is 8.63. The van der Waals surface area contributed by atoms with Crippen molar-refractivity contribution in [3.8, 4) is 0 Å². The molecule has 3 aromatic rings. The second-order valence-electron chi connectivity index (χ2n) is 7.59. The highest BCUT2D eigenvalue weighted by Gasteiger charge is 2.31. The van der Waals surface area contributed by atoms with Gasteiger partial charge in [0.15, 0.2) is 9.84 Å². The van der Waals surface area contributed by atoms with Crippen molar-refractivity contribution in [2.45, 2.75) is 30.0 Å². The average Bonchev–Trinajstić information content (AvgIpc) is 3.21. The first-order valence-corrected chi connectivity index (χ1v) is 11.6. The first kappa shape index (κ1) is 21.8. The molecule has 1 atom stereocenters. The summed E-state index contributed by atoms with van der Waals surface area (Å²) in [6, 6.07) is 17.3. The third-order valence-electron chi connectivity index (χ3n) is 5.30. The van der Waals surface area contributed by atoms with Crippen molar-refractivity contribution in [3.05, 3.63) is 101 Å². The summed E-state index contributed by atoms with van der Waals surface area (Å²) in [5, 5.41) is 5.84. The van der Waals surface area contributed by atoms with Gasteiger partial charge in [0, 0.05) is 13.3 Å². The smallest absolute Gasteiger partial charge is 0.240 e. The van der Waals surface area contributed by atoms with Crippen molar-refractivity contribution in [1.82, 2.24) is 5.01 Å². The Morgan fingerprint density at radius 3 is 2.06 bits per heavy atom. The minimum absolute atomic E-state index is 0.0578. The molecule has 4 rings (SSSR count). The Morgan fingerprint density at radius 2 is 1.50 bits per heavy atom. The van der Waals surface area contributed by atoms with Gasteiger partial charge in [-0.3, -0.25) is 4.79 Å². The van der Waals surface area contributed by atoms with Crippen molar-refractivity contribution in [3.63, 3.8) is 0 Å². The summed E-state index contributed by atoms with van der Waals surface area (Å²) >= 11 is 0. The Morgan fingerprint density at radius 1 is 0.938 bits per heavy atom. The van der Waals surface area contributed by atoms with Crippen LogP contribution in [-0.2, 0) is 20.4 Å². The average molecular weight is 454 g/mol. The Kier molecular flexibility index (Phi) is 5.88. The highest BCUT2D eigenvalue weighted by atomic mass is 32.2. The molecule has 1 unspecified atom stereocenters. The van der Waals surface area contributed by atoms with Crippen LogP contribution in [0.2, 0.25) is 0 Å². The third-order valence-corrected chi connectivity index (χ3v) is 7.01. The maximum absolute atomic E-state index is 13.3. The molecule has 0 aliphatic carbocycles. The number of hydrazone groups is 1. The minimum atomic E-state index is -3.61. The number of benzene rings is 3. The van der Waals surface area contributed by atoms with Gasteiger partial charge in [-0.2, -0.15) is 5.10 Å². The number of nitrogens with zero attached hydrogens (tertiary/aromatic N) is 2. The van der Waals surface area contributed by atoms with Crippen molar-refractivity contribution >= 4 is 21.5 Å². The van der Waals surface area contributed by atoms with Gasteiger partial charge < -0.3 is 0 Å². The van der Waals surface area contributed by atoms with Crippen LogP contribution >= 0.6 is 0 Å². The van der Waals surface area contributed by atoms with Crippen molar-refractivity contribution in [2.75, 3.05) is 0 Å². The Bertz CT molecular complexity index is 1270. The van der Waals surface area contributed by atoms with E-state index < -0.39 is 15.7 Å². The van der Waals surface area contributed by atoms with Crippen LogP contribution in [0.3, 0.4) is 0 Å². The van der Waals surface area contributed by atoms with Gasteiger partial charge in [0.25, 0.3) is 0 Å². The lowest BCUT2D eigenvalue weighted by molar-refractivity contribution is -0.130. The zero-order chi connectivity index (χ0) is 22.9. The molecule has 3 aromatic carbocycles. The molecule has 0 saturated carbocycles. The molecule has 0 N–H and O–H groups in total. The SMILES string of the molecule is CC(=O)N1N=C(c2ccc(CS(=O)(=O)c3ccc(F)cc3)cc2)CC1c1ccc(F)cc1. The topological polar surface area (TPSA) is 66.8 Å². The molecule has 1 aliphatic heterocycles.